The predicted octanol–water partition coefficient (Wildman–Crippen LogP) is 1.54. The number of rotatable bonds is 0. The number of aliphatic hydroxyl groups excluding tert-OH is 1. The maximum absolute atomic E-state index is 7.00. The average Bonchev–Trinajstić information content (AvgIpc) is 2.05. The summed E-state index contributed by atoms with van der Waals surface area (Å²) >= 11 is 0. The van der Waals surface area contributed by atoms with Crippen LogP contribution in [0, 0.1) is 21.6 Å². The first kappa shape index (κ1) is 25.3. The van der Waals surface area contributed by atoms with Gasteiger partial charge >= 0.3 is 0 Å². The van der Waals surface area contributed by atoms with E-state index in [4.69, 9.17) is 27.4 Å². The van der Waals surface area contributed by atoms with Gasteiger partial charge < -0.3 is 16.6 Å². The molecule has 0 aliphatic carbocycles. The number of amidine groups is 2. The van der Waals surface area contributed by atoms with Crippen molar-refractivity contribution in [1.29, 1.82) is 10.8 Å². The maximum atomic E-state index is 7.00. The third-order valence-electron chi connectivity index (χ3n) is 1.62. The quantitative estimate of drug-likeness (QED) is 0.265. The van der Waals surface area contributed by atoms with Gasteiger partial charge in [0.1, 0.15) is 0 Å². The van der Waals surface area contributed by atoms with Crippen LogP contribution in [-0.2, 0) is 17.1 Å². The van der Waals surface area contributed by atoms with Crippen LogP contribution < -0.4 is 11.5 Å². The van der Waals surface area contributed by atoms with Crippen molar-refractivity contribution in [3.8, 4) is 0 Å². The van der Waals surface area contributed by atoms with E-state index in [1.54, 1.807) is 0 Å². The number of aliphatic hydroxyl groups is 1. The standard InChI is InChI=1S/2C5H12N2.CH4O.Cu/c2*1-5(2,3)4(6)7;1-2;/h2*1-3H3,(H3,6,7);2H,1H3;. The summed E-state index contributed by atoms with van der Waals surface area (Å²) < 4.78 is 0. The molecule has 17 heavy (non-hydrogen) atoms. The van der Waals surface area contributed by atoms with Crippen LogP contribution in [0.4, 0.5) is 0 Å². The van der Waals surface area contributed by atoms with E-state index in [1.165, 1.54) is 0 Å². The second-order valence-electron chi connectivity index (χ2n) is 5.33. The van der Waals surface area contributed by atoms with Crippen LogP contribution in [0.1, 0.15) is 41.5 Å². The van der Waals surface area contributed by atoms with E-state index in [2.05, 4.69) is 0 Å². The molecule has 0 aromatic carbocycles. The van der Waals surface area contributed by atoms with Crippen LogP contribution in [0.2, 0.25) is 0 Å². The first-order valence-corrected chi connectivity index (χ1v) is 5.02. The number of hydrogen-bond donors (Lipinski definition) is 5. The normalized spacial score (nSPS) is 9.65. The van der Waals surface area contributed by atoms with Gasteiger partial charge in [-0.2, -0.15) is 0 Å². The van der Waals surface area contributed by atoms with Gasteiger partial charge in [-0.25, -0.2) is 0 Å². The zero-order chi connectivity index (χ0) is 14.2. The number of nitrogens with two attached hydrogens (primary N) is 2. The summed E-state index contributed by atoms with van der Waals surface area (Å²) in [6.45, 7) is 11.5. The van der Waals surface area contributed by atoms with Crippen molar-refractivity contribution >= 4 is 11.7 Å². The molecule has 0 aromatic rings. The van der Waals surface area contributed by atoms with Crippen molar-refractivity contribution in [3.63, 3.8) is 0 Å². The summed E-state index contributed by atoms with van der Waals surface area (Å²) in [4.78, 5) is 0. The zero-order valence-corrected chi connectivity index (χ0v) is 12.8. The largest absolute Gasteiger partial charge is 0.400 e. The Morgan fingerprint density at radius 1 is 0.765 bits per heavy atom. The molecule has 0 saturated heterocycles. The molecule has 0 spiro atoms. The third-order valence-corrected chi connectivity index (χ3v) is 1.62. The molecular weight excluding hydrogens is 268 g/mol. The van der Waals surface area contributed by atoms with E-state index >= 15 is 0 Å². The van der Waals surface area contributed by atoms with E-state index < -0.39 is 0 Å². The van der Waals surface area contributed by atoms with E-state index in [9.17, 15) is 0 Å². The Morgan fingerprint density at radius 3 is 0.824 bits per heavy atom. The Bertz CT molecular complexity index is 192. The summed E-state index contributed by atoms with van der Waals surface area (Å²) in [6.07, 6.45) is 0. The number of hydrogen-bond acceptors (Lipinski definition) is 3. The Morgan fingerprint density at radius 2 is 0.824 bits per heavy atom. The summed E-state index contributed by atoms with van der Waals surface area (Å²) in [7, 11) is 1.00. The molecule has 5 nitrogen and oxygen atoms in total. The number of nitrogens with one attached hydrogen (secondary N) is 2. The molecule has 0 unspecified atom stereocenters. The predicted molar refractivity (Wildman–Crippen MR) is 70.9 cm³/mol. The second kappa shape index (κ2) is 10.6. The molecule has 0 aromatic heterocycles. The van der Waals surface area contributed by atoms with Crippen molar-refractivity contribution in [2.24, 2.45) is 22.3 Å². The molecule has 0 rings (SSSR count). The van der Waals surface area contributed by atoms with Gasteiger partial charge in [-0.15, -0.1) is 0 Å². The topological polar surface area (TPSA) is 120 Å². The fourth-order valence-corrected chi connectivity index (χ4v) is 0. The average molecular weight is 296 g/mol. The summed E-state index contributed by atoms with van der Waals surface area (Å²) in [5.74, 6) is 0.486. The van der Waals surface area contributed by atoms with Crippen molar-refractivity contribution in [1.82, 2.24) is 0 Å². The minimum absolute atomic E-state index is 0. The molecule has 0 heterocycles. The van der Waals surface area contributed by atoms with Crippen LogP contribution in [0.3, 0.4) is 0 Å². The van der Waals surface area contributed by atoms with E-state index in [0.29, 0.717) is 0 Å². The van der Waals surface area contributed by atoms with Crippen molar-refractivity contribution in [3.05, 3.63) is 0 Å². The summed E-state index contributed by atoms with van der Waals surface area (Å²) in [5.41, 5.74) is 10.0. The Labute approximate surface area is 116 Å². The summed E-state index contributed by atoms with van der Waals surface area (Å²) in [5, 5.41) is 20.8. The molecule has 0 aliphatic rings. The molecule has 0 saturated carbocycles. The van der Waals surface area contributed by atoms with Crippen LogP contribution in [0.25, 0.3) is 0 Å². The van der Waals surface area contributed by atoms with E-state index in [1.807, 2.05) is 41.5 Å². The van der Waals surface area contributed by atoms with Crippen molar-refractivity contribution in [2.45, 2.75) is 41.5 Å². The van der Waals surface area contributed by atoms with Gasteiger partial charge in [-0.05, 0) is 0 Å². The SMILES string of the molecule is CC(C)(C)C(=N)N.CC(C)(C)C(=N)N.CO.[Cu]. The van der Waals surface area contributed by atoms with Gasteiger partial charge in [0.05, 0.1) is 11.7 Å². The second-order valence-corrected chi connectivity index (χ2v) is 5.33. The van der Waals surface area contributed by atoms with Gasteiger partial charge in [0, 0.05) is 35.0 Å². The molecule has 109 valence electrons. The molecule has 0 aliphatic heterocycles. The third kappa shape index (κ3) is 21.3. The van der Waals surface area contributed by atoms with Gasteiger partial charge in [-0.1, -0.05) is 41.5 Å². The molecule has 0 fully saturated rings. The minimum Gasteiger partial charge on any atom is -0.400 e. The molecule has 0 atom stereocenters. The molecule has 6 heteroatoms. The summed E-state index contributed by atoms with van der Waals surface area (Å²) in [6, 6.07) is 0. The Balaban J connectivity index is -0.0000000823. The van der Waals surface area contributed by atoms with Crippen LogP contribution in [-0.4, -0.2) is 23.9 Å². The first-order valence-electron chi connectivity index (χ1n) is 5.02. The van der Waals surface area contributed by atoms with Gasteiger partial charge in [-0.3, -0.25) is 10.8 Å². The van der Waals surface area contributed by atoms with E-state index in [0.717, 1.165) is 7.11 Å². The molecule has 7 N–H and O–H groups in total. The fraction of sp³-hybridized carbons (Fsp3) is 0.818. The zero-order valence-electron chi connectivity index (χ0n) is 11.9. The van der Waals surface area contributed by atoms with Crippen LogP contribution in [0.5, 0.6) is 0 Å². The molecule has 1 radical (unpaired) electrons. The van der Waals surface area contributed by atoms with Gasteiger partial charge in [0.15, 0.2) is 0 Å². The molecule has 0 amide bonds. The van der Waals surface area contributed by atoms with Crippen LogP contribution >= 0.6 is 0 Å². The maximum Gasteiger partial charge on any atom is 0.0960 e. The Hall–Kier alpha value is -0.581. The molecular formula is C11H28CuN4O. The van der Waals surface area contributed by atoms with E-state index in [-0.39, 0.29) is 39.6 Å². The first-order chi connectivity index (χ1) is 6.89. The Kier molecular flexibility index (Phi) is 15.7. The van der Waals surface area contributed by atoms with Gasteiger partial charge in [0.2, 0.25) is 0 Å². The van der Waals surface area contributed by atoms with Gasteiger partial charge in [0.25, 0.3) is 0 Å². The fourth-order valence-electron chi connectivity index (χ4n) is 0. The van der Waals surface area contributed by atoms with Crippen LogP contribution in [0.15, 0.2) is 0 Å². The van der Waals surface area contributed by atoms with Crippen molar-refractivity contribution < 1.29 is 22.2 Å². The smallest absolute Gasteiger partial charge is 0.0960 e. The minimum atomic E-state index is -0.139. The molecule has 0 bridgehead atoms. The monoisotopic (exact) mass is 295 g/mol. The van der Waals surface area contributed by atoms with Crippen molar-refractivity contribution in [2.75, 3.05) is 7.11 Å².